The van der Waals surface area contributed by atoms with Gasteiger partial charge in [0.05, 0.1) is 5.56 Å². The third-order valence-electron chi connectivity index (χ3n) is 6.60. The minimum atomic E-state index is -0.482. The summed E-state index contributed by atoms with van der Waals surface area (Å²) in [4.78, 5) is 28.1. The Bertz CT molecular complexity index is 1230. The average Bonchev–Trinajstić information content (AvgIpc) is 3.13. The third kappa shape index (κ3) is 3.14. The van der Waals surface area contributed by atoms with Crippen molar-refractivity contribution in [1.82, 2.24) is 14.0 Å². The van der Waals surface area contributed by atoms with Crippen LogP contribution >= 0.6 is 0 Å². The summed E-state index contributed by atoms with van der Waals surface area (Å²) in [7, 11) is 0. The van der Waals surface area contributed by atoms with Gasteiger partial charge in [0.15, 0.2) is 0 Å². The number of carbonyl (C=O) groups excluding carboxylic acids is 1. The Morgan fingerprint density at radius 1 is 1.16 bits per heavy atom. The van der Waals surface area contributed by atoms with Crippen LogP contribution in [-0.4, -0.2) is 38.2 Å². The Morgan fingerprint density at radius 3 is 2.68 bits per heavy atom. The molecule has 162 valence electrons. The molecule has 1 aromatic carbocycles. The molecule has 0 aliphatic carbocycles. The molecule has 0 radical (unpaired) electrons. The minimum Gasteiger partial charge on any atom is -0.733 e. The van der Waals surface area contributed by atoms with E-state index in [0.717, 1.165) is 23.0 Å². The van der Waals surface area contributed by atoms with Gasteiger partial charge in [-0.05, 0) is 44.4 Å². The molecule has 1 fully saturated rings. The summed E-state index contributed by atoms with van der Waals surface area (Å²) in [6.07, 6.45) is 2.85. The van der Waals surface area contributed by atoms with Crippen LogP contribution in [-0.2, 0) is 6.54 Å². The Morgan fingerprint density at radius 2 is 1.94 bits per heavy atom. The molecule has 5 rings (SSSR count). The minimum absolute atomic E-state index is 0.0128. The van der Waals surface area contributed by atoms with Crippen LogP contribution in [0.3, 0.4) is 0 Å². The highest BCUT2D eigenvalue weighted by molar-refractivity contribution is 6.07. The molecule has 8 heteroatoms. The van der Waals surface area contributed by atoms with Crippen molar-refractivity contribution in [3.8, 4) is 0 Å². The summed E-state index contributed by atoms with van der Waals surface area (Å²) in [5.74, 6) is 0.162. The molecule has 2 aliphatic heterocycles. The number of carbonyl (C=O) groups is 1. The highest BCUT2D eigenvalue weighted by Gasteiger charge is 2.37. The van der Waals surface area contributed by atoms with E-state index in [0.29, 0.717) is 25.2 Å². The van der Waals surface area contributed by atoms with Gasteiger partial charge in [-0.25, -0.2) is 0 Å². The zero-order valence-corrected chi connectivity index (χ0v) is 17.6. The number of amides is 1. The Labute approximate surface area is 179 Å². The Kier molecular flexibility index (Phi) is 4.64. The van der Waals surface area contributed by atoms with Crippen molar-refractivity contribution in [1.29, 1.82) is 0 Å². The molecule has 4 heterocycles. The smallest absolute Gasteiger partial charge is 0.275 e. The van der Waals surface area contributed by atoms with Gasteiger partial charge in [-0.1, -0.05) is 18.2 Å². The average molecular weight is 421 g/mol. The predicted molar refractivity (Wildman–Crippen MR) is 117 cm³/mol. The number of rotatable bonds is 3. The van der Waals surface area contributed by atoms with Crippen molar-refractivity contribution in [3.63, 3.8) is 0 Å². The van der Waals surface area contributed by atoms with Gasteiger partial charge in [0.2, 0.25) is 0 Å². The summed E-state index contributed by atoms with van der Waals surface area (Å²) in [5.41, 5.74) is 1.81. The van der Waals surface area contributed by atoms with E-state index in [4.69, 9.17) is 0 Å². The molecule has 0 saturated carbocycles. The maximum Gasteiger partial charge on any atom is 0.275 e. The third-order valence-corrected chi connectivity index (χ3v) is 6.60. The van der Waals surface area contributed by atoms with Crippen LogP contribution in [0, 0.1) is 11.1 Å². The number of nitrogens with zero attached hydrogens (tertiary/aromatic N) is 4. The van der Waals surface area contributed by atoms with Gasteiger partial charge in [-0.2, -0.15) is 0 Å². The van der Waals surface area contributed by atoms with Gasteiger partial charge in [0.1, 0.15) is 5.69 Å². The zero-order valence-electron chi connectivity index (χ0n) is 17.6. The number of likely N-dealkylation sites (tertiary alicyclic amines) is 1. The van der Waals surface area contributed by atoms with E-state index in [1.165, 1.54) is 6.07 Å². The van der Waals surface area contributed by atoms with Crippen molar-refractivity contribution in [2.75, 3.05) is 18.3 Å². The Hall–Kier alpha value is -3.10. The monoisotopic (exact) mass is 421 g/mol. The van der Waals surface area contributed by atoms with Gasteiger partial charge >= 0.3 is 0 Å². The number of pyridine rings is 1. The molecule has 0 spiro atoms. The number of para-hydroxylation sites is 1. The van der Waals surface area contributed by atoms with Gasteiger partial charge in [-0.15, -0.1) is 0 Å². The van der Waals surface area contributed by atoms with Crippen LogP contribution < -0.4 is 10.8 Å². The highest BCUT2D eigenvalue weighted by Crippen LogP contribution is 2.37. The molecule has 2 aromatic heterocycles. The van der Waals surface area contributed by atoms with Crippen LogP contribution in [0.15, 0.2) is 47.4 Å². The molecule has 2 aliphatic rings. The highest BCUT2D eigenvalue weighted by atomic mass is 16.8. The molecule has 2 atom stereocenters. The second kappa shape index (κ2) is 7.25. The number of hydrogen-bond acceptors (Lipinski definition) is 5. The lowest BCUT2D eigenvalue weighted by Gasteiger charge is -2.43. The van der Waals surface area contributed by atoms with E-state index >= 15 is 0 Å². The molecular formula is C23H25N4O4-. The Balaban J connectivity index is 1.49. The van der Waals surface area contributed by atoms with E-state index in [-0.39, 0.29) is 34.7 Å². The first-order chi connectivity index (χ1) is 14.8. The van der Waals surface area contributed by atoms with Gasteiger partial charge < -0.3 is 24.5 Å². The lowest BCUT2D eigenvalue weighted by atomic mass is 9.83. The first-order valence-corrected chi connectivity index (χ1v) is 10.6. The summed E-state index contributed by atoms with van der Waals surface area (Å²) in [6.45, 7) is 5.72. The second-order valence-corrected chi connectivity index (χ2v) is 8.90. The van der Waals surface area contributed by atoms with Gasteiger partial charge in [-0.3, -0.25) is 14.8 Å². The molecule has 1 amide bonds. The molecule has 1 N–H and O–H groups in total. The molecule has 1 saturated heterocycles. The SMILES string of the molecule is CC(C)n1cc(C(=O)N2CC3CC(C2)c2ccc(N([O-])O)c(=O)n2C3)c2ccccc21. The topological polar surface area (TPSA) is 93.8 Å². The van der Waals surface area contributed by atoms with Crippen LogP contribution in [0.1, 0.15) is 48.3 Å². The zero-order chi connectivity index (χ0) is 21.9. The summed E-state index contributed by atoms with van der Waals surface area (Å²) in [6, 6.07) is 11.3. The van der Waals surface area contributed by atoms with E-state index in [1.807, 2.05) is 35.4 Å². The van der Waals surface area contributed by atoms with Crippen LogP contribution in [0.25, 0.3) is 10.9 Å². The van der Waals surface area contributed by atoms with Gasteiger partial charge in [0, 0.05) is 54.4 Å². The van der Waals surface area contributed by atoms with E-state index in [9.17, 15) is 20.0 Å². The molecule has 2 unspecified atom stereocenters. The summed E-state index contributed by atoms with van der Waals surface area (Å²) in [5, 5.41) is 21.0. The first-order valence-electron chi connectivity index (χ1n) is 10.6. The predicted octanol–water partition coefficient (Wildman–Crippen LogP) is 3.34. The van der Waals surface area contributed by atoms with Crippen molar-refractivity contribution in [3.05, 3.63) is 69.4 Å². The van der Waals surface area contributed by atoms with Crippen LogP contribution in [0.5, 0.6) is 0 Å². The number of benzene rings is 1. The van der Waals surface area contributed by atoms with E-state index in [1.54, 1.807) is 10.6 Å². The summed E-state index contributed by atoms with van der Waals surface area (Å²) < 4.78 is 3.72. The fourth-order valence-electron chi connectivity index (χ4n) is 5.22. The molecule has 3 aromatic rings. The van der Waals surface area contributed by atoms with Crippen molar-refractivity contribution in [2.45, 2.75) is 38.8 Å². The van der Waals surface area contributed by atoms with Crippen LogP contribution in [0.4, 0.5) is 5.69 Å². The fourth-order valence-corrected chi connectivity index (χ4v) is 5.22. The number of hydrogen-bond donors (Lipinski definition) is 1. The standard InChI is InChI=1S/C23H25N4O4/c1-14(2)25-13-18(17-5-3-4-6-20(17)25)22(28)24-10-15-9-16(12-24)19-7-8-21(27(30)31)23(29)26(19)11-15/h3-8,13-16,30H,9-12H2,1-2H3/q-1. The van der Waals surface area contributed by atoms with Crippen LogP contribution in [0.2, 0.25) is 0 Å². The number of fused-ring (bicyclic) bond motifs is 5. The quantitative estimate of drug-likeness (QED) is 0.655. The van der Waals surface area contributed by atoms with Crippen molar-refractivity contribution < 1.29 is 10.0 Å². The summed E-state index contributed by atoms with van der Waals surface area (Å²) >= 11 is 0. The maximum atomic E-state index is 13.6. The van der Waals surface area contributed by atoms with E-state index < -0.39 is 5.56 Å². The lowest BCUT2D eigenvalue weighted by Crippen LogP contribution is -2.49. The second-order valence-electron chi connectivity index (χ2n) is 8.90. The largest absolute Gasteiger partial charge is 0.733 e. The molecule has 31 heavy (non-hydrogen) atoms. The maximum absolute atomic E-state index is 13.6. The molecule has 8 nitrogen and oxygen atoms in total. The molecule has 2 bridgehead atoms. The number of piperidine rings is 1. The molecular weight excluding hydrogens is 396 g/mol. The van der Waals surface area contributed by atoms with Gasteiger partial charge in [0.25, 0.3) is 11.5 Å². The lowest BCUT2D eigenvalue weighted by molar-refractivity contribution is 0.0596. The van der Waals surface area contributed by atoms with Crippen molar-refractivity contribution >= 4 is 22.5 Å². The van der Waals surface area contributed by atoms with Crippen molar-refractivity contribution in [2.24, 2.45) is 5.92 Å². The fraction of sp³-hybridized carbons (Fsp3) is 0.391. The number of anilines is 1. The first kappa shape index (κ1) is 19.8. The van der Waals surface area contributed by atoms with E-state index in [2.05, 4.69) is 18.4 Å². The number of aromatic nitrogens is 2. The normalized spacial score (nSPS) is 20.2.